The van der Waals surface area contributed by atoms with Crippen LogP contribution >= 0.6 is 0 Å². The summed E-state index contributed by atoms with van der Waals surface area (Å²) in [4.78, 5) is 15.0. The van der Waals surface area contributed by atoms with E-state index < -0.39 is 0 Å². The zero-order chi connectivity index (χ0) is 37.0. The second kappa shape index (κ2) is 13.0. The van der Waals surface area contributed by atoms with Gasteiger partial charge in [-0.2, -0.15) is 0 Å². The zero-order valence-corrected chi connectivity index (χ0v) is 30.1. The number of benzene rings is 8. The Morgan fingerprint density at radius 3 is 1.36 bits per heavy atom. The number of furan rings is 2. The molecular weight excluding hydrogens is 687 g/mol. The third-order valence-corrected chi connectivity index (χ3v) is 10.5. The molecule has 262 valence electrons. The molecule has 0 aliphatic carbocycles. The Kier molecular flexibility index (Phi) is 7.42. The van der Waals surface area contributed by atoms with Gasteiger partial charge < -0.3 is 8.83 Å². The van der Waals surface area contributed by atoms with Crippen LogP contribution in [-0.2, 0) is 0 Å². The standard InChI is InChI=1S/C51H31N3O2/c1-3-11-32(12-4-1)34-15-10-18-39(28-34)50-52-49(33-13-5-2-6-14-33)53-51(54-50)40-22-25-43-42-24-21-38(30-47(42)56-48(43)31-40)36-17-9-16-35(27-36)37-23-26-46-44(29-37)41-19-7-8-20-45(41)55-46/h1-31H. The van der Waals surface area contributed by atoms with Crippen molar-refractivity contribution < 1.29 is 8.83 Å². The van der Waals surface area contributed by atoms with Crippen LogP contribution in [0.25, 0.3) is 111 Å². The van der Waals surface area contributed by atoms with Gasteiger partial charge >= 0.3 is 0 Å². The van der Waals surface area contributed by atoms with Crippen LogP contribution in [0.4, 0.5) is 0 Å². The van der Waals surface area contributed by atoms with Gasteiger partial charge in [-0.15, -0.1) is 0 Å². The highest BCUT2D eigenvalue weighted by Gasteiger charge is 2.16. The van der Waals surface area contributed by atoms with Crippen molar-refractivity contribution in [2.75, 3.05) is 0 Å². The molecule has 0 amide bonds. The summed E-state index contributed by atoms with van der Waals surface area (Å²) in [6.07, 6.45) is 0. The highest BCUT2D eigenvalue weighted by atomic mass is 16.3. The fourth-order valence-corrected chi connectivity index (χ4v) is 7.70. The lowest BCUT2D eigenvalue weighted by atomic mass is 9.97. The third kappa shape index (κ3) is 5.62. The molecule has 11 rings (SSSR count). The maximum Gasteiger partial charge on any atom is 0.164 e. The fourth-order valence-electron chi connectivity index (χ4n) is 7.70. The summed E-state index contributed by atoms with van der Waals surface area (Å²) >= 11 is 0. The number of aromatic nitrogens is 3. The molecule has 0 aliphatic heterocycles. The Bertz CT molecular complexity index is 3250. The van der Waals surface area contributed by atoms with Gasteiger partial charge in [0.05, 0.1) is 0 Å². The van der Waals surface area contributed by atoms with Gasteiger partial charge in [-0.05, 0) is 88.0 Å². The largest absolute Gasteiger partial charge is 0.456 e. The minimum absolute atomic E-state index is 0.584. The van der Waals surface area contributed by atoms with E-state index in [4.69, 9.17) is 23.8 Å². The first-order chi connectivity index (χ1) is 27.7. The average Bonchev–Trinajstić information content (AvgIpc) is 3.84. The topological polar surface area (TPSA) is 65.0 Å². The molecule has 0 unspecified atom stereocenters. The molecule has 0 N–H and O–H groups in total. The van der Waals surface area contributed by atoms with Crippen molar-refractivity contribution in [3.63, 3.8) is 0 Å². The smallest absolute Gasteiger partial charge is 0.164 e. The monoisotopic (exact) mass is 717 g/mol. The van der Waals surface area contributed by atoms with Crippen LogP contribution in [-0.4, -0.2) is 15.0 Å². The summed E-state index contributed by atoms with van der Waals surface area (Å²) < 4.78 is 12.7. The van der Waals surface area contributed by atoms with Gasteiger partial charge in [0.15, 0.2) is 17.5 Å². The van der Waals surface area contributed by atoms with E-state index in [0.717, 1.165) is 93.9 Å². The van der Waals surface area contributed by atoms with Crippen LogP contribution in [0.1, 0.15) is 0 Å². The molecule has 0 radical (unpaired) electrons. The summed E-state index contributed by atoms with van der Waals surface area (Å²) in [7, 11) is 0. The molecule has 0 bridgehead atoms. The van der Waals surface area contributed by atoms with Crippen molar-refractivity contribution in [3.05, 3.63) is 188 Å². The average molecular weight is 718 g/mol. The maximum atomic E-state index is 6.58. The maximum absolute atomic E-state index is 6.58. The lowest BCUT2D eigenvalue weighted by molar-refractivity contribution is 0.668. The minimum Gasteiger partial charge on any atom is -0.456 e. The highest BCUT2D eigenvalue weighted by Crippen LogP contribution is 2.37. The molecule has 0 atom stereocenters. The van der Waals surface area contributed by atoms with Crippen molar-refractivity contribution in [2.45, 2.75) is 0 Å². The van der Waals surface area contributed by atoms with Crippen LogP contribution in [0.3, 0.4) is 0 Å². The van der Waals surface area contributed by atoms with E-state index in [1.54, 1.807) is 0 Å². The van der Waals surface area contributed by atoms with Crippen LogP contribution in [0.5, 0.6) is 0 Å². The van der Waals surface area contributed by atoms with Gasteiger partial charge in [0.25, 0.3) is 0 Å². The molecule has 5 nitrogen and oxygen atoms in total. The molecule has 56 heavy (non-hydrogen) atoms. The lowest BCUT2D eigenvalue weighted by Gasteiger charge is -2.09. The molecule has 0 spiro atoms. The number of rotatable bonds is 6. The normalized spacial score (nSPS) is 11.6. The highest BCUT2D eigenvalue weighted by molar-refractivity contribution is 6.08. The first kappa shape index (κ1) is 31.9. The minimum atomic E-state index is 0.584. The van der Waals surface area contributed by atoms with Gasteiger partial charge in [0.2, 0.25) is 0 Å². The van der Waals surface area contributed by atoms with E-state index >= 15 is 0 Å². The Labute approximate surface area is 322 Å². The van der Waals surface area contributed by atoms with Gasteiger partial charge in [-0.3, -0.25) is 0 Å². The molecule has 3 aromatic heterocycles. The second-order valence-corrected chi connectivity index (χ2v) is 14.0. The molecule has 11 aromatic rings. The molecule has 3 heterocycles. The first-order valence-corrected chi connectivity index (χ1v) is 18.7. The number of fused-ring (bicyclic) bond motifs is 6. The van der Waals surface area contributed by atoms with Crippen molar-refractivity contribution in [1.29, 1.82) is 0 Å². The SMILES string of the molecule is c1ccc(-c2cccc(-c3nc(-c4ccccc4)nc(-c4ccc5c(c4)oc4cc(-c6cccc(-c7ccc8oc9ccccc9c8c7)c6)ccc45)n3)c2)cc1. The molecular formula is C51H31N3O2. The quantitative estimate of drug-likeness (QED) is 0.171. The van der Waals surface area contributed by atoms with Gasteiger partial charge in [-0.1, -0.05) is 133 Å². The Morgan fingerprint density at radius 2 is 0.643 bits per heavy atom. The van der Waals surface area contributed by atoms with Crippen LogP contribution < -0.4 is 0 Å². The van der Waals surface area contributed by atoms with E-state index in [2.05, 4.69) is 133 Å². The molecule has 0 saturated carbocycles. The van der Waals surface area contributed by atoms with Gasteiger partial charge in [0, 0.05) is 38.2 Å². The fraction of sp³-hybridized carbons (Fsp3) is 0. The van der Waals surface area contributed by atoms with Crippen molar-refractivity contribution >= 4 is 43.9 Å². The summed E-state index contributed by atoms with van der Waals surface area (Å²) in [5.41, 5.74) is 12.8. The van der Waals surface area contributed by atoms with E-state index in [1.807, 2.05) is 54.6 Å². The Morgan fingerprint density at radius 1 is 0.232 bits per heavy atom. The van der Waals surface area contributed by atoms with Crippen LogP contribution in [0.2, 0.25) is 0 Å². The molecule has 0 fully saturated rings. The first-order valence-electron chi connectivity index (χ1n) is 18.7. The van der Waals surface area contributed by atoms with E-state index in [0.29, 0.717) is 17.5 Å². The van der Waals surface area contributed by atoms with Gasteiger partial charge in [0.1, 0.15) is 22.3 Å². The van der Waals surface area contributed by atoms with Crippen molar-refractivity contribution in [1.82, 2.24) is 15.0 Å². The number of hydrogen-bond donors (Lipinski definition) is 0. The van der Waals surface area contributed by atoms with Crippen LogP contribution in [0.15, 0.2) is 197 Å². The summed E-state index contributed by atoms with van der Waals surface area (Å²) in [5, 5.41) is 4.34. The molecule has 8 aromatic carbocycles. The van der Waals surface area contributed by atoms with E-state index in [1.165, 1.54) is 0 Å². The summed E-state index contributed by atoms with van der Waals surface area (Å²) in [5.74, 6) is 1.81. The third-order valence-electron chi connectivity index (χ3n) is 10.5. The number of hydrogen-bond acceptors (Lipinski definition) is 5. The Hall–Kier alpha value is -7.63. The summed E-state index contributed by atoms with van der Waals surface area (Å²) in [6.45, 7) is 0. The van der Waals surface area contributed by atoms with E-state index in [-0.39, 0.29) is 0 Å². The predicted molar refractivity (Wildman–Crippen MR) is 227 cm³/mol. The number of nitrogens with zero attached hydrogens (tertiary/aromatic N) is 3. The lowest BCUT2D eigenvalue weighted by Crippen LogP contribution is -2.00. The van der Waals surface area contributed by atoms with Crippen molar-refractivity contribution in [2.24, 2.45) is 0 Å². The Balaban J connectivity index is 0.967. The number of para-hydroxylation sites is 1. The zero-order valence-electron chi connectivity index (χ0n) is 30.1. The molecule has 0 saturated heterocycles. The van der Waals surface area contributed by atoms with Crippen LogP contribution in [0, 0.1) is 0 Å². The second-order valence-electron chi connectivity index (χ2n) is 14.0. The molecule has 0 aliphatic rings. The predicted octanol–water partition coefficient (Wildman–Crippen LogP) is 13.7. The van der Waals surface area contributed by atoms with E-state index in [9.17, 15) is 0 Å². The summed E-state index contributed by atoms with van der Waals surface area (Å²) in [6, 6.07) is 64.7. The van der Waals surface area contributed by atoms with Crippen molar-refractivity contribution in [3.8, 4) is 67.5 Å². The van der Waals surface area contributed by atoms with Gasteiger partial charge in [-0.25, -0.2) is 15.0 Å². The molecule has 5 heteroatoms.